The van der Waals surface area contributed by atoms with Crippen LogP contribution in [0.4, 0.5) is 0 Å². The molecule has 0 fully saturated rings. The number of amides is 2. The molecule has 6 nitrogen and oxygen atoms in total. The number of benzene rings is 2. The number of nitrogens with one attached hydrogen (secondary N) is 3. The molecule has 0 unspecified atom stereocenters. The third-order valence-electron chi connectivity index (χ3n) is 3.78. The van der Waals surface area contributed by atoms with Gasteiger partial charge in [0.05, 0.1) is 0 Å². The first kappa shape index (κ1) is 21.7. The lowest BCUT2D eigenvalue weighted by Gasteiger charge is -2.15. The third-order valence-corrected chi connectivity index (χ3v) is 4.22. The van der Waals surface area contributed by atoms with E-state index in [1.54, 1.807) is 18.2 Å². The molecule has 0 spiro atoms. The minimum atomic E-state index is -0.438. The summed E-state index contributed by atoms with van der Waals surface area (Å²) in [4.78, 5) is 24.1. The van der Waals surface area contributed by atoms with Crippen molar-refractivity contribution in [2.75, 3.05) is 6.61 Å². The zero-order valence-corrected chi connectivity index (χ0v) is 17.4. The van der Waals surface area contributed by atoms with Crippen LogP contribution in [0.3, 0.4) is 0 Å². The van der Waals surface area contributed by atoms with Crippen molar-refractivity contribution in [3.8, 4) is 5.75 Å². The summed E-state index contributed by atoms with van der Waals surface area (Å²) in [7, 11) is 0. The molecular formula is C20H22ClN3O3S. The SMILES string of the molecule is Cc1ccc(C(C)C)c(OCC(=O)NNC(=S)NC(=O)c2cccc(Cl)c2)c1. The van der Waals surface area contributed by atoms with Gasteiger partial charge in [-0.2, -0.15) is 0 Å². The number of carbonyl (C=O) groups is 2. The summed E-state index contributed by atoms with van der Waals surface area (Å²) in [5.74, 6) is 0.0652. The van der Waals surface area contributed by atoms with Gasteiger partial charge in [-0.05, 0) is 60.5 Å². The van der Waals surface area contributed by atoms with Crippen LogP contribution >= 0.6 is 23.8 Å². The van der Waals surface area contributed by atoms with E-state index in [1.807, 2.05) is 25.1 Å². The van der Waals surface area contributed by atoms with Crippen LogP contribution in [0.2, 0.25) is 5.02 Å². The molecule has 0 aliphatic heterocycles. The Morgan fingerprint density at radius 1 is 1.14 bits per heavy atom. The van der Waals surface area contributed by atoms with Gasteiger partial charge in [0.25, 0.3) is 11.8 Å². The Labute approximate surface area is 174 Å². The van der Waals surface area contributed by atoms with Crippen LogP contribution in [-0.4, -0.2) is 23.5 Å². The first-order valence-corrected chi connectivity index (χ1v) is 9.44. The quantitative estimate of drug-likeness (QED) is 0.510. The highest BCUT2D eigenvalue weighted by molar-refractivity contribution is 7.80. The van der Waals surface area contributed by atoms with Gasteiger partial charge in [0.2, 0.25) is 0 Å². The summed E-state index contributed by atoms with van der Waals surface area (Å²) in [5.41, 5.74) is 7.28. The molecule has 28 heavy (non-hydrogen) atoms. The van der Waals surface area contributed by atoms with E-state index in [0.717, 1.165) is 11.1 Å². The Morgan fingerprint density at radius 2 is 1.89 bits per heavy atom. The molecule has 148 valence electrons. The lowest BCUT2D eigenvalue weighted by molar-refractivity contribution is -0.123. The Hall–Kier alpha value is -2.64. The fraction of sp³-hybridized carbons (Fsp3) is 0.250. The maximum atomic E-state index is 12.1. The molecule has 2 rings (SSSR count). The molecule has 0 radical (unpaired) electrons. The van der Waals surface area contributed by atoms with Crippen LogP contribution < -0.4 is 20.9 Å². The number of rotatable bonds is 5. The molecule has 8 heteroatoms. The van der Waals surface area contributed by atoms with Gasteiger partial charge in [-0.1, -0.05) is 43.6 Å². The molecule has 0 aromatic heterocycles. The molecule has 2 amide bonds. The topological polar surface area (TPSA) is 79.5 Å². The normalized spacial score (nSPS) is 10.3. The van der Waals surface area contributed by atoms with Crippen molar-refractivity contribution in [3.63, 3.8) is 0 Å². The second kappa shape index (κ2) is 10.1. The summed E-state index contributed by atoms with van der Waals surface area (Å²) in [6, 6.07) is 12.3. The standard InChI is InChI=1S/C20H22ClN3O3S/c1-12(2)16-8-7-13(3)9-17(16)27-11-18(25)23-24-20(28)22-19(26)14-5-4-6-15(21)10-14/h4-10,12H,11H2,1-3H3,(H,23,25)(H2,22,24,26,28). The van der Waals surface area contributed by atoms with E-state index in [9.17, 15) is 9.59 Å². The Kier molecular flexibility index (Phi) is 7.78. The van der Waals surface area contributed by atoms with Gasteiger partial charge < -0.3 is 4.74 Å². The van der Waals surface area contributed by atoms with E-state index < -0.39 is 11.8 Å². The van der Waals surface area contributed by atoms with E-state index in [2.05, 4.69) is 30.0 Å². The molecule has 0 aliphatic rings. The molecule has 2 aromatic carbocycles. The lowest BCUT2D eigenvalue weighted by Crippen LogP contribution is -2.49. The highest BCUT2D eigenvalue weighted by Crippen LogP contribution is 2.27. The molecule has 0 heterocycles. The van der Waals surface area contributed by atoms with Crippen molar-refractivity contribution in [3.05, 3.63) is 64.2 Å². The van der Waals surface area contributed by atoms with Gasteiger partial charge in [0.1, 0.15) is 5.75 Å². The van der Waals surface area contributed by atoms with E-state index in [4.69, 9.17) is 28.6 Å². The van der Waals surface area contributed by atoms with Gasteiger partial charge in [0.15, 0.2) is 11.7 Å². The fourth-order valence-electron chi connectivity index (χ4n) is 2.39. The van der Waals surface area contributed by atoms with E-state index >= 15 is 0 Å². The molecule has 2 aromatic rings. The maximum Gasteiger partial charge on any atom is 0.276 e. The Morgan fingerprint density at radius 3 is 2.57 bits per heavy atom. The van der Waals surface area contributed by atoms with Crippen LogP contribution in [0.15, 0.2) is 42.5 Å². The highest BCUT2D eigenvalue weighted by Gasteiger charge is 2.12. The third kappa shape index (κ3) is 6.51. The van der Waals surface area contributed by atoms with E-state index in [0.29, 0.717) is 16.3 Å². The number of hydrogen-bond acceptors (Lipinski definition) is 4. The number of aryl methyl sites for hydroxylation is 1. The summed E-state index contributed by atoms with van der Waals surface area (Å²) in [6.07, 6.45) is 0. The zero-order chi connectivity index (χ0) is 20.7. The van der Waals surface area contributed by atoms with Crippen molar-refractivity contribution in [2.45, 2.75) is 26.7 Å². The molecule has 0 atom stereocenters. The molecule has 0 bridgehead atoms. The summed E-state index contributed by atoms with van der Waals surface area (Å²) in [5, 5.41) is 2.85. The molecule has 3 N–H and O–H groups in total. The monoisotopic (exact) mass is 419 g/mol. The van der Waals surface area contributed by atoms with Crippen molar-refractivity contribution >= 4 is 40.7 Å². The van der Waals surface area contributed by atoms with Crippen LogP contribution in [0.25, 0.3) is 0 Å². The average molecular weight is 420 g/mol. The molecular weight excluding hydrogens is 398 g/mol. The minimum absolute atomic E-state index is 0.0447. The van der Waals surface area contributed by atoms with Gasteiger partial charge >= 0.3 is 0 Å². The number of halogens is 1. The lowest BCUT2D eigenvalue weighted by atomic mass is 10.0. The smallest absolute Gasteiger partial charge is 0.276 e. The van der Waals surface area contributed by atoms with Gasteiger partial charge in [-0.3, -0.25) is 25.8 Å². The van der Waals surface area contributed by atoms with Crippen LogP contribution in [0.5, 0.6) is 5.75 Å². The van der Waals surface area contributed by atoms with Gasteiger partial charge in [0, 0.05) is 10.6 Å². The number of carbonyl (C=O) groups excluding carboxylic acids is 2. The number of hydrogen-bond donors (Lipinski definition) is 3. The van der Waals surface area contributed by atoms with E-state index in [-0.39, 0.29) is 17.6 Å². The van der Waals surface area contributed by atoms with Gasteiger partial charge in [-0.15, -0.1) is 0 Å². The number of thiocarbonyl (C=S) groups is 1. The van der Waals surface area contributed by atoms with Gasteiger partial charge in [-0.25, -0.2) is 0 Å². The van der Waals surface area contributed by atoms with Crippen molar-refractivity contribution in [1.82, 2.24) is 16.2 Å². The largest absolute Gasteiger partial charge is 0.483 e. The summed E-state index contributed by atoms with van der Waals surface area (Å²) >= 11 is 10.9. The molecule has 0 saturated carbocycles. The van der Waals surface area contributed by atoms with Crippen LogP contribution in [0.1, 0.15) is 41.3 Å². The van der Waals surface area contributed by atoms with Crippen LogP contribution in [0, 0.1) is 6.92 Å². The fourth-order valence-corrected chi connectivity index (χ4v) is 2.72. The first-order valence-electron chi connectivity index (χ1n) is 8.65. The average Bonchev–Trinajstić information content (AvgIpc) is 2.64. The summed E-state index contributed by atoms with van der Waals surface area (Å²) < 4.78 is 5.64. The number of hydrazine groups is 1. The van der Waals surface area contributed by atoms with Crippen molar-refractivity contribution < 1.29 is 14.3 Å². The Bertz CT molecular complexity index is 887. The molecule has 0 saturated heterocycles. The second-order valence-corrected chi connectivity index (χ2v) is 7.30. The predicted molar refractivity (Wildman–Crippen MR) is 114 cm³/mol. The summed E-state index contributed by atoms with van der Waals surface area (Å²) in [6.45, 7) is 5.88. The number of ether oxygens (including phenoxy) is 1. The highest BCUT2D eigenvalue weighted by atomic mass is 35.5. The van der Waals surface area contributed by atoms with E-state index in [1.165, 1.54) is 6.07 Å². The van der Waals surface area contributed by atoms with Crippen molar-refractivity contribution in [1.29, 1.82) is 0 Å². The molecule has 0 aliphatic carbocycles. The Balaban J connectivity index is 1.82. The first-order chi connectivity index (χ1) is 13.3. The van der Waals surface area contributed by atoms with Crippen LogP contribution in [-0.2, 0) is 4.79 Å². The maximum absolute atomic E-state index is 12.1. The predicted octanol–water partition coefficient (Wildman–Crippen LogP) is 3.49. The minimum Gasteiger partial charge on any atom is -0.483 e. The second-order valence-electron chi connectivity index (χ2n) is 6.45. The van der Waals surface area contributed by atoms with Crippen molar-refractivity contribution in [2.24, 2.45) is 0 Å². The zero-order valence-electron chi connectivity index (χ0n) is 15.8.